The number of hydrogen-bond acceptors (Lipinski definition) is 1. The predicted molar refractivity (Wildman–Crippen MR) is 76.9 cm³/mol. The first-order valence-corrected chi connectivity index (χ1v) is 6.73. The molecular weight excluding hydrogens is 292 g/mol. The molecule has 0 bridgehead atoms. The van der Waals surface area contributed by atoms with E-state index in [4.69, 9.17) is 0 Å². The highest BCUT2D eigenvalue weighted by molar-refractivity contribution is 9.10. The number of halogens is 1. The Balaban J connectivity index is 2.16. The number of carbonyl (C=O) groups is 1. The number of aromatic nitrogens is 1. The van der Waals surface area contributed by atoms with E-state index >= 15 is 0 Å². The van der Waals surface area contributed by atoms with Gasteiger partial charge in [-0.25, -0.2) is 0 Å². The lowest BCUT2D eigenvalue weighted by molar-refractivity contribution is 0.102. The van der Waals surface area contributed by atoms with Crippen LogP contribution in [0.4, 0.5) is 5.69 Å². The van der Waals surface area contributed by atoms with Crippen LogP contribution in [-0.4, -0.2) is 10.9 Å². The number of rotatable bonds is 4. The molecule has 94 valence electrons. The van der Waals surface area contributed by atoms with Gasteiger partial charge in [-0.2, -0.15) is 0 Å². The van der Waals surface area contributed by atoms with E-state index in [1.807, 2.05) is 24.3 Å². The number of H-pyrrole nitrogens is 1. The third kappa shape index (κ3) is 3.01. The normalized spacial score (nSPS) is 10.3. The van der Waals surface area contributed by atoms with Crippen LogP contribution in [0.25, 0.3) is 0 Å². The van der Waals surface area contributed by atoms with Gasteiger partial charge in [-0.1, -0.05) is 31.5 Å². The Morgan fingerprint density at radius 2 is 2.17 bits per heavy atom. The lowest BCUT2D eigenvalue weighted by atomic mass is 10.1. The van der Waals surface area contributed by atoms with Crippen LogP contribution < -0.4 is 5.32 Å². The number of amides is 1. The number of anilines is 1. The quantitative estimate of drug-likeness (QED) is 0.881. The van der Waals surface area contributed by atoms with E-state index in [9.17, 15) is 4.79 Å². The van der Waals surface area contributed by atoms with Gasteiger partial charge in [0.25, 0.3) is 5.91 Å². The second kappa shape index (κ2) is 5.87. The third-order valence-electron chi connectivity index (χ3n) is 2.68. The van der Waals surface area contributed by atoms with E-state index in [2.05, 4.69) is 33.2 Å². The van der Waals surface area contributed by atoms with Gasteiger partial charge in [0.1, 0.15) is 5.69 Å². The molecule has 0 atom stereocenters. The molecule has 0 aliphatic carbocycles. The van der Waals surface area contributed by atoms with Crippen molar-refractivity contribution in [2.24, 2.45) is 0 Å². The second-order valence-electron chi connectivity index (χ2n) is 4.09. The standard InChI is InChI=1S/C14H15BrN2O/c1-2-5-10-6-3-4-7-12(10)17-14(18)13-8-11(15)9-16-13/h3-4,6-9,16H,2,5H2,1H3,(H,17,18). The highest BCUT2D eigenvalue weighted by atomic mass is 79.9. The van der Waals surface area contributed by atoms with Gasteiger partial charge in [-0.15, -0.1) is 0 Å². The fourth-order valence-corrected chi connectivity index (χ4v) is 2.16. The summed E-state index contributed by atoms with van der Waals surface area (Å²) < 4.78 is 0.870. The predicted octanol–water partition coefficient (Wildman–Crippen LogP) is 3.98. The van der Waals surface area contributed by atoms with E-state index in [1.165, 1.54) is 5.56 Å². The molecule has 0 saturated heterocycles. The summed E-state index contributed by atoms with van der Waals surface area (Å²) in [4.78, 5) is 14.9. The van der Waals surface area contributed by atoms with Crippen molar-refractivity contribution in [3.05, 3.63) is 52.3 Å². The Hall–Kier alpha value is -1.55. The number of para-hydroxylation sites is 1. The van der Waals surface area contributed by atoms with Crippen LogP contribution in [0.1, 0.15) is 29.4 Å². The molecule has 2 aromatic rings. The summed E-state index contributed by atoms with van der Waals surface area (Å²) in [5, 5.41) is 2.93. The summed E-state index contributed by atoms with van der Waals surface area (Å²) in [6, 6.07) is 9.66. The minimum atomic E-state index is -0.121. The Morgan fingerprint density at radius 1 is 1.39 bits per heavy atom. The third-order valence-corrected chi connectivity index (χ3v) is 3.14. The molecule has 0 fully saturated rings. The molecule has 2 rings (SSSR count). The van der Waals surface area contributed by atoms with Crippen LogP contribution >= 0.6 is 15.9 Å². The SMILES string of the molecule is CCCc1ccccc1NC(=O)c1cc(Br)c[nH]1. The molecule has 4 heteroatoms. The van der Waals surface area contributed by atoms with E-state index < -0.39 is 0 Å². The van der Waals surface area contributed by atoms with Crippen LogP contribution in [0.2, 0.25) is 0 Å². The summed E-state index contributed by atoms with van der Waals surface area (Å²) in [6.45, 7) is 2.13. The molecule has 2 N–H and O–H groups in total. The fourth-order valence-electron chi connectivity index (χ4n) is 1.82. The fraction of sp³-hybridized carbons (Fsp3) is 0.214. The van der Waals surface area contributed by atoms with Crippen molar-refractivity contribution in [3.8, 4) is 0 Å². The number of aryl methyl sites for hydroxylation is 1. The van der Waals surface area contributed by atoms with Crippen molar-refractivity contribution in [2.75, 3.05) is 5.32 Å². The Labute approximate surface area is 115 Å². The van der Waals surface area contributed by atoms with Crippen molar-refractivity contribution < 1.29 is 4.79 Å². The van der Waals surface area contributed by atoms with Gasteiger partial charge in [0.2, 0.25) is 0 Å². The van der Waals surface area contributed by atoms with Gasteiger partial charge in [0, 0.05) is 16.4 Å². The molecule has 18 heavy (non-hydrogen) atoms. The van der Waals surface area contributed by atoms with Crippen LogP contribution in [-0.2, 0) is 6.42 Å². The van der Waals surface area contributed by atoms with E-state index in [1.54, 1.807) is 12.3 Å². The molecule has 0 aliphatic rings. The zero-order valence-electron chi connectivity index (χ0n) is 10.2. The first-order chi connectivity index (χ1) is 8.70. The average Bonchev–Trinajstić information content (AvgIpc) is 2.79. The van der Waals surface area contributed by atoms with Crippen molar-refractivity contribution in [2.45, 2.75) is 19.8 Å². The summed E-state index contributed by atoms with van der Waals surface area (Å²) >= 11 is 3.31. The summed E-state index contributed by atoms with van der Waals surface area (Å²) in [5.74, 6) is -0.121. The van der Waals surface area contributed by atoms with Crippen molar-refractivity contribution in [1.82, 2.24) is 4.98 Å². The van der Waals surface area contributed by atoms with Crippen LogP contribution in [0, 0.1) is 0 Å². The van der Waals surface area contributed by atoms with E-state index in [0.29, 0.717) is 5.69 Å². The lowest BCUT2D eigenvalue weighted by Crippen LogP contribution is -2.13. The molecule has 1 heterocycles. The minimum Gasteiger partial charge on any atom is -0.356 e. The van der Waals surface area contributed by atoms with Gasteiger partial charge >= 0.3 is 0 Å². The molecule has 0 unspecified atom stereocenters. The summed E-state index contributed by atoms with van der Waals surface area (Å²) in [7, 11) is 0. The zero-order chi connectivity index (χ0) is 13.0. The topological polar surface area (TPSA) is 44.9 Å². The van der Waals surface area contributed by atoms with Crippen LogP contribution in [0.5, 0.6) is 0 Å². The van der Waals surface area contributed by atoms with Gasteiger partial charge in [-0.3, -0.25) is 4.79 Å². The molecule has 1 aromatic carbocycles. The monoisotopic (exact) mass is 306 g/mol. The summed E-state index contributed by atoms with van der Waals surface area (Å²) in [5.41, 5.74) is 2.60. The number of benzene rings is 1. The molecule has 3 nitrogen and oxygen atoms in total. The Bertz CT molecular complexity index is 548. The first kappa shape index (κ1) is 12.9. The van der Waals surface area contributed by atoms with Gasteiger partial charge in [0.15, 0.2) is 0 Å². The van der Waals surface area contributed by atoms with Crippen molar-refractivity contribution >= 4 is 27.5 Å². The molecule has 0 aliphatic heterocycles. The summed E-state index contributed by atoms with van der Waals surface area (Å²) in [6.07, 6.45) is 3.76. The maximum Gasteiger partial charge on any atom is 0.272 e. The van der Waals surface area contributed by atoms with Gasteiger partial charge in [0.05, 0.1) is 0 Å². The number of carbonyl (C=O) groups excluding carboxylic acids is 1. The average molecular weight is 307 g/mol. The van der Waals surface area contributed by atoms with Crippen molar-refractivity contribution in [3.63, 3.8) is 0 Å². The molecule has 1 aromatic heterocycles. The lowest BCUT2D eigenvalue weighted by Gasteiger charge is -2.09. The zero-order valence-corrected chi connectivity index (χ0v) is 11.8. The highest BCUT2D eigenvalue weighted by Gasteiger charge is 2.10. The number of nitrogens with one attached hydrogen (secondary N) is 2. The van der Waals surface area contributed by atoms with Gasteiger partial charge < -0.3 is 10.3 Å². The smallest absolute Gasteiger partial charge is 0.272 e. The molecule has 0 spiro atoms. The number of hydrogen-bond donors (Lipinski definition) is 2. The van der Waals surface area contributed by atoms with E-state index in [0.717, 1.165) is 23.0 Å². The van der Waals surface area contributed by atoms with Gasteiger partial charge in [-0.05, 0) is 40.0 Å². The maximum atomic E-state index is 12.0. The van der Waals surface area contributed by atoms with Crippen LogP contribution in [0.3, 0.4) is 0 Å². The molecule has 0 radical (unpaired) electrons. The molecule has 1 amide bonds. The Kier molecular flexibility index (Phi) is 4.20. The first-order valence-electron chi connectivity index (χ1n) is 5.94. The second-order valence-corrected chi connectivity index (χ2v) is 5.01. The maximum absolute atomic E-state index is 12.0. The Morgan fingerprint density at radius 3 is 2.83 bits per heavy atom. The molecular formula is C14H15BrN2O. The van der Waals surface area contributed by atoms with Crippen molar-refractivity contribution in [1.29, 1.82) is 0 Å². The molecule has 0 saturated carbocycles. The minimum absolute atomic E-state index is 0.121. The van der Waals surface area contributed by atoms with Crippen LogP contribution in [0.15, 0.2) is 41.0 Å². The van der Waals surface area contributed by atoms with E-state index in [-0.39, 0.29) is 5.91 Å². The highest BCUT2D eigenvalue weighted by Crippen LogP contribution is 2.18. The largest absolute Gasteiger partial charge is 0.356 e. The number of aromatic amines is 1.